The molecule has 0 aliphatic carbocycles. The van der Waals surface area contributed by atoms with Crippen molar-refractivity contribution < 1.29 is 9.13 Å². The van der Waals surface area contributed by atoms with Gasteiger partial charge in [0, 0.05) is 12.6 Å². The fourth-order valence-electron chi connectivity index (χ4n) is 2.50. The Morgan fingerprint density at radius 3 is 2.60 bits per heavy atom. The fraction of sp³-hybridized carbons (Fsp3) is 0.647. The molecule has 3 heteroatoms. The molecule has 0 fully saturated rings. The molecule has 2 atom stereocenters. The summed E-state index contributed by atoms with van der Waals surface area (Å²) in [6, 6.07) is 7.04. The number of ether oxygens (including phenoxy) is 1. The first-order chi connectivity index (χ1) is 9.55. The molecule has 2 unspecified atom stereocenters. The fourth-order valence-corrected chi connectivity index (χ4v) is 2.50. The molecule has 0 aromatic heterocycles. The van der Waals surface area contributed by atoms with E-state index < -0.39 is 0 Å². The zero-order chi connectivity index (χ0) is 15.0. The largest absolute Gasteiger partial charge is 0.374 e. The second kappa shape index (κ2) is 8.38. The topological polar surface area (TPSA) is 21.3 Å². The van der Waals surface area contributed by atoms with Crippen molar-refractivity contribution in [3.63, 3.8) is 0 Å². The van der Waals surface area contributed by atoms with Gasteiger partial charge in [-0.25, -0.2) is 4.39 Å². The molecular weight excluding hydrogens is 253 g/mol. The van der Waals surface area contributed by atoms with E-state index in [1.165, 1.54) is 6.07 Å². The molecule has 0 amide bonds. The van der Waals surface area contributed by atoms with Crippen LogP contribution in [0.15, 0.2) is 24.3 Å². The lowest BCUT2D eigenvalue weighted by atomic mass is 9.88. The van der Waals surface area contributed by atoms with Gasteiger partial charge in [-0.05, 0) is 57.4 Å². The molecule has 0 bridgehead atoms. The summed E-state index contributed by atoms with van der Waals surface area (Å²) in [6.07, 6.45) is 2.78. The third-order valence-corrected chi connectivity index (χ3v) is 3.88. The molecule has 1 rings (SSSR count). The molecule has 0 saturated heterocycles. The number of halogens is 1. The molecule has 1 aromatic rings. The van der Waals surface area contributed by atoms with Crippen molar-refractivity contribution in [1.82, 2.24) is 5.32 Å². The molecule has 1 N–H and O–H groups in total. The van der Waals surface area contributed by atoms with Gasteiger partial charge in [0.2, 0.25) is 0 Å². The first-order valence-electron chi connectivity index (χ1n) is 7.67. The highest BCUT2D eigenvalue weighted by atomic mass is 19.1. The number of nitrogens with one attached hydrogen (secondary N) is 1. The maximum atomic E-state index is 13.3. The van der Waals surface area contributed by atoms with Crippen LogP contribution in [0.5, 0.6) is 0 Å². The van der Waals surface area contributed by atoms with Crippen LogP contribution < -0.4 is 5.32 Å². The Balaban J connectivity index is 2.87. The van der Waals surface area contributed by atoms with E-state index in [0.29, 0.717) is 6.61 Å². The Morgan fingerprint density at radius 2 is 2.05 bits per heavy atom. The van der Waals surface area contributed by atoms with Gasteiger partial charge in [0.25, 0.3) is 0 Å². The van der Waals surface area contributed by atoms with E-state index in [-0.39, 0.29) is 17.5 Å². The molecule has 0 spiro atoms. The lowest BCUT2D eigenvalue weighted by molar-refractivity contribution is -0.0549. The Kier molecular flexibility index (Phi) is 7.17. The van der Waals surface area contributed by atoms with Gasteiger partial charge in [0.05, 0.1) is 5.60 Å². The molecular formula is C17H28FNO. The first-order valence-corrected chi connectivity index (χ1v) is 7.67. The van der Waals surface area contributed by atoms with Crippen LogP contribution in [0, 0.1) is 5.82 Å². The highest BCUT2D eigenvalue weighted by Gasteiger charge is 2.32. The van der Waals surface area contributed by atoms with E-state index in [1.54, 1.807) is 12.1 Å². The zero-order valence-corrected chi connectivity index (χ0v) is 13.2. The van der Waals surface area contributed by atoms with Crippen LogP contribution >= 0.6 is 0 Å². The van der Waals surface area contributed by atoms with Crippen molar-refractivity contribution in [2.24, 2.45) is 0 Å². The summed E-state index contributed by atoms with van der Waals surface area (Å²) in [7, 11) is 0. The summed E-state index contributed by atoms with van der Waals surface area (Å²) in [6.45, 7) is 10.1. The van der Waals surface area contributed by atoms with Crippen LogP contribution in [0.2, 0.25) is 0 Å². The van der Waals surface area contributed by atoms with Gasteiger partial charge in [-0.2, -0.15) is 0 Å². The molecule has 20 heavy (non-hydrogen) atoms. The second-order valence-electron chi connectivity index (χ2n) is 5.44. The highest BCUT2D eigenvalue weighted by Crippen LogP contribution is 2.23. The summed E-state index contributed by atoms with van der Waals surface area (Å²) in [5, 5.41) is 3.57. The van der Waals surface area contributed by atoms with Crippen LogP contribution in [-0.4, -0.2) is 24.8 Å². The molecule has 0 saturated carbocycles. The summed E-state index contributed by atoms with van der Waals surface area (Å²) in [4.78, 5) is 0. The monoisotopic (exact) mass is 281 g/mol. The van der Waals surface area contributed by atoms with Gasteiger partial charge in [0.1, 0.15) is 5.82 Å². The molecule has 2 nitrogen and oxygen atoms in total. The Bertz CT molecular complexity index is 396. The maximum absolute atomic E-state index is 13.3. The standard InChI is InChI=1S/C17H28FNO/c1-5-11-19-16(17(4,6-2)20-7-3)13-14-9-8-10-15(18)12-14/h8-10,12,16,19H,5-7,11,13H2,1-4H3. The minimum atomic E-state index is -0.226. The maximum Gasteiger partial charge on any atom is 0.123 e. The molecule has 0 aliphatic rings. The second-order valence-corrected chi connectivity index (χ2v) is 5.44. The minimum Gasteiger partial charge on any atom is -0.374 e. The number of rotatable bonds is 9. The van der Waals surface area contributed by atoms with Gasteiger partial charge in [-0.3, -0.25) is 0 Å². The SMILES string of the molecule is CCCNC(Cc1cccc(F)c1)C(C)(CC)OCC. The first kappa shape index (κ1) is 17.1. The van der Waals surface area contributed by atoms with Gasteiger partial charge in [-0.15, -0.1) is 0 Å². The smallest absolute Gasteiger partial charge is 0.123 e. The number of benzene rings is 1. The molecule has 114 valence electrons. The average Bonchev–Trinajstić information content (AvgIpc) is 2.43. The predicted molar refractivity (Wildman–Crippen MR) is 82.5 cm³/mol. The van der Waals surface area contributed by atoms with Gasteiger partial charge in [0.15, 0.2) is 0 Å². The Labute approximate surface area is 122 Å². The molecule has 0 heterocycles. The van der Waals surface area contributed by atoms with Gasteiger partial charge in [-0.1, -0.05) is 26.0 Å². The van der Waals surface area contributed by atoms with Crippen molar-refractivity contribution in [2.75, 3.05) is 13.2 Å². The molecule has 1 aromatic carbocycles. The van der Waals surface area contributed by atoms with Crippen LogP contribution in [-0.2, 0) is 11.2 Å². The highest BCUT2D eigenvalue weighted by molar-refractivity contribution is 5.18. The third kappa shape index (κ3) is 4.88. The predicted octanol–water partition coefficient (Wildman–Crippen LogP) is 3.94. The summed E-state index contributed by atoms with van der Waals surface area (Å²) >= 11 is 0. The average molecular weight is 281 g/mol. The van der Waals surface area contributed by atoms with E-state index in [4.69, 9.17) is 4.74 Å². The summed E-state index contributed by atoms with van der Waals surface area (Å²) in [5.41, 5.74) is 0.786. The van der Waals surface area contributed by atoms with Crippen molar-refractivity contribution in [3.05, 3.63) is 35.6 Å². The molecule has 0 radical (unpaired) electrons. The van der Waals surface area contributed by atoms with Crippen LogP contribution in [0.3, 0.4) is 0 Å². The summed E-state index contributed by atoms with van der Waals surface area (Å²) in [5.74, 6) is -0.175. The van der Waals surface area contributed by atoms with Gasteiger partial charge < -0.3 is 10.1 Å². The van der Waals surface area contributed by atoms with Crippen LogP contribution in [0.25, 0.3) is 0 Å². The lowest BCUT2D eigenvalue weighted by Gasteiger charge is -2.37. The lowest BCUT2D eigenvalue weighted by Crippen LogP contribution is -2.51. The molecule has 0 aliphatic heterocycles. The van der Waals surface area contributed by atoms with E-state index in [2.05, 4.69) is 26.1 Å². The number of hydrogen-bond acceptors (Lipinski definition) is 2. The van der Waals surface area contributed by atoms with Crippen molar-refractivity contribution in [3.8, 4) is 0 Å². The van der Waals surface area contributed by atoms with Crippen LogP contribution in [0.4, 0.5) is 4.39 Å². The van der Waals surface area contributed by atoms with Crippen molar-refractivity contribution >= 4 is 0 Å². The van der Waals surface area contributed by atoms with E-state index in [1.807, 2.05) is 13.0 Å². The Hall–Kier alpha value is -0.930. The normalized spacial score (nSPS) is 15.8. The quantitative estimate of drug-likeness (QED) is 0.740. The van der Waals surface area contributed by atoms with E-state index in [0.717, 1.165) is 31.4 Å². The van der Waals surface area contributed by atoms with E-state index in [9.17, 15) is 4.39 Å². The third-order valence-electron chi connectivity index (χ3n) is 3.88. The summed E-state index contributed by atoms with van der Waals surface area (Å²) < 4.78 is 19.3. The van der Waals surface area contributed by atoms with Crippen molar-refractivity contribution in [2.45, 2.75) is 58.6 Å². The van der Waals surface area contributed by atoms with Crippen molar-refractivity contribution in [1.29, 1.82) is 0 Å². The zero-order valence-electron chi connectivity index (χ0n) is 13.2. The Morgan fingerprint density at radius 1 is 1.30 bits per heavy atom. The number of hydrogen-bond donors (Lipinski definition) is 1. The van der Waals surface area contributed by atoms with Gasteiger partial charge >= 0.3 is 0 Å². The van der Waals surface area contributed by atoms with Crippen LogP contribution in [0.1, 0.15) is 46.1 Å². The van der Waals surface area contributed by atoms with E-state index >= 15 is 0 Å². The minimum absolute atomic E-state index is 0.175.